The Morgan fingerprint density at radius 2 is 1.68 bits per heavy atom. The summed E-state index contributed by atoms with van der Waals surface area (Å²) in [6.45, 7) is 5.80. The van der Waals surface area contributed by atoms with Gasteiger partial charge in [-0.05, 0) is 55.3 Å². The SMILES string of the molecule is CCCOc1ccc(-c2nc(S(=O)(=O)c3ccc4c(c3)OCCO4)c(NCc3ccc(C)cc3)o2)cc1. The van der Waals surface area contributed by atoms with E-state index in [4.69, 9.17) is 18.6 Å². The number of nitrogens with zero attached hydrogens (tertiary/aromatic N) is 1. The summed E-state index contributed by atoms with van der Waals surface area (Å²) in [5.74, 6) is 1.86. The van der Waals surface area contributed by atoms with Crippen LogP contribution in [0.15, 0.2) is 81.1 Å². The normalized spacial score (nSPS) is 12.8. The first-order valence-corrected chi connectivity index (χ1v) is 13.6. The van der Waals surface area contributed by atoms with E-state index in [0.29, 0.717) is 43.4 Å². The topological polar surface area (TPSA) is 99.9 Å². The lowest BCUT2D eigenvalue weighted by molar-refractivity contribution is 0.171. The van der Waals surface area contributed by atoms with Crippen LogP contribution in [-0.4, -0.2) is 33.2 Å². The maximum absolute atomic E-state index is 13.7. The van der Waals surface area contributed by atoms with Gasteiger partial charge < -0.3 is 23.9 Å². The molecule has 1 N–H and O–H groups in total. The van der Waals surface area contributed by atoms with Gasteiger partial charge in [0.05, 0.1) is 11.5 Å². The van der Waals surface area contributed by atoms with Gasteiger partial charge in [0.2, 0.25) is 26.6 Å². The lowest BCUT2D eigenvalue weighted by Gasteiger charge is -2.18. The Hall–Kier alpha value is -3.98. The van der Waals surface area contributed by atoms with Gasteiger partial charge in [-0.2, -0.15) is 4.98 Å². The predicted octanol–water partition coefficient (Wildman–Crippen LogP) is 5.65. The Morgan fingerprint density at radius 3 is 2.41 bits per heavy atom. The second kappa shape index (κ2) is 10.6. The summed E-state index contributed by atoms with van der Waals surface area (Å²) in [6, 6.07) is 19.7. The van der Waals surface area contributed by atoms with Gasteiger partial charge >= 0.3 is 0 Å². The van der Waals surface area contributed by atoms with Crippen LogP contribution < -0.4 is 19.5 Å². The van der Waals surface area contributed by atoms with Gasteiger partial charge in [-0.1, -0.05) is 36.8 Å². The number of aromatic nitrogens is 1. The third kappa shape index (κ3) is 5.41. The maximum atomic E-state index is 13.7. The molecule has 0 atom stereocenters. The molecule has 192 valence electrons. The van der Waals surface area contributed by atoms with E-state index in [0.717, 1.165) is 23.3 Å². The molecule has 0 amide bonds. The van der Waals surface area contributed by atoms with E-state index in [1.807, 2.05) is 50.2 Å². The number of rotatable bonds is 9. The van der Waals surface area contributed by atoms with Crippen molar-refractivity contribution in [2.75, 3.05) is 25.1 Å². The van der Waals surface area contributed by atoms with Crippen molar-refractivity contribution in [2.45, 2.75) is 36.7 Å². The van der Waals surface area contributed by atoms with Gasteiger partial charge in [-0.3, -0.25) is 0 Å². The average Bonchev–Trinajstić information content (AvgIpc) is 3.37. The molecule has 4 aromatic rings. The molecule has 9 heteroatoms. The van der Waals surface area contributed by atoms with Crippen molar-refractivity contribution in [1.82, 2.24) is 4.98 Å². The molecule has 0 spiro atoms. The Kier molecular flexibility index (Phi) is 7.05. The van der Waals surface area contributed by atoms with Crippen LogP contribution in [0.1, 0.15) is 24.5 Å². The number of aryl methyl sites for hydroxylation is 1. The first-order chi connectivity index (χ1) is 17.9. The summed E-state index contributed by atoms with van der Waals surface area (Å²) in [5.41, 5.74) is 2.74. The van der Waals surface area contributed by atoms with Crippen molar-refractivity contribution in [3.05, 3.63) is 77.9 Å². The summed E-state index contributed by atoms with van der Waals surface area (Å²) in [7, 11) is -4.05. The molecule has 1 aliphatic heterocycles. The lowest BCUT2D eigenvalue weighted by atomic mass is 10.1. The molecule has 37 heavy (non-hydrogen) atoms. The minimum atomic E-state index is -4.05. The summed E-state index contributed by atoms with van der Waals surface area (Å²) >= 11 is 0. The molecule has 3 aromatic carbocycles. The first kappa shape index (κ1) is 24.7. The molecule has 0 bridgehead atoms. The van der Waals surface area contributed by atoms with Gasteiger partial charge in [-0.15, -0.1) is 0 Å². The van der Waals surface area contributed by atoms with Crippen molar-refractivity contribution in [3.8, 4) is 28.7 Å². The molecule has 2 heterocycles. The second-order valence-electron chi connectivity index (χ2n) is 8.67. The molecular weight excluding hydrogens is 492 g/mol. The van der Waals surface area contributed by atoms with Crippen LogP contribution in [0.5, 0.6) is 17.2 Å². The lowest BCUT2D eigenvalue weighted by Crippen LogP contribution is -2.16. The molecule has 0 saturated heterocycles. The van der Waals surface area contributed by atoms with Crippen molar-refractivity contribution >= 4 is 15.7 Å². The van der Waals surface area contributed by atoms with Crippen LogP contribution in [0.2, 0.25) is 0 Å². The zero-order valence-electron chi connectivity index (χ0n) is 20.7. The van der Waals surface area contributed by atoms with Gasteiger partial charge in [0, 0.05) is 18.2 Å². The number of nitrogens with one attached hydrogen (secondary N) is 1. The minimum Gasteiger partial charge on any atom is -0.494 e. The van der Waals surface area contributed by atoms with Crippen LogP contribution in [0.3, 0.4) is 0 Å². The third-order valence-electron chi connectivity index (χ3n) is 5.82. The molecule has 0 unspecified atom stereocenters. The molecular formula is C28H28N2O6S. The van der Waals surface area contributed by atoms with E-state index in [1.165, 1.54) is 12.1 Å². The van der Waals surface area contributed by atoms with Crippen molar-refractivity contribution < 1.29 is 27.0 Å². The highest BCUT2D eigenvalue weighted by molar-refractivity contribution is 7.91. The summed E-state index contributed by atoms with van der Waals surface area (Å²) in [5, 5.41) is 2.93. The standard InChI is InChI=1S/C28H28N2O6S/c1-3-14-33-22-10-8-21(9-11-22)26-30-28(27(36-26)29-18-20-6-4-19(2)5-7-20)37(31,32)23-12-13-24-25(17-23)35-16-15-34-24/h4-13,17,29H,3,14-16,18H2,1-2H3. The molecule has 1 aliphatic rings. The van der Waals surface area contributed by atoms with Crippen LogP contribution >= 0.6 is 0 Å². The summed E-state index contributed by atoms with van der Waals surface area (Å²) < 4.78 is 50.2. The third-order valence-corrected chi connectivity index (χ3v) is 7.48. The molecule has 0 fully saturated rings. The molecule has 1 aromatic heterocycles. The highest BCUT2D eigenvalue weighted by Gasteiger charge is 2.30. The van der Waals surface area contributed by atoms with Crippen LogP contribution in [0.25, 0.3) is 11.5 Å². The van der Waals surface area contributed by atoms with Crippen LogP contribution in [-0.2, 0) is 16.4 Å². The number of hydrogen-bond donors (Lipinski definition) is 1. The zero-order chi connectivity index (χ0) is 25.8. The highest BCUT2D eigenvalue weighted by Crippen LogP contribution is 2.37. The Bertz CT molecular complexity index is 1480. The van der Waals surface area contributed by atoms with E-state index >= 15 is 0 Å². The highest BCUT2D eigenvalue weighted by atomic mass is 32.2. The molecule has 0 saturated carbocycles. The number of ether oxygens (including phenoxy) is 3. The maximum Gasteiger partial charge on any atom is 0.234 e. The quantitative estimate of drug-likeness (QED) is 0.302. The monoisotopic (exact) mass is 520 g/mol. The number of anilines is 1. The van der Waals surface area contributed by atoms with Crippen molar-refractivity contribution in [3.63, 3.8) is 0 Å². The second-order valence-corrected chi connectivity index (χ2v) is 10.5. The largest absolute Gasteiger partial charge is 0.494 e. The van der Waals surface area contributed by atoms with Crippen molar-refractivity contribution in [1.29, 1.82) is 0 Å². The van der Waals surface area contributed by atoms with Crippen molar-refractivity contribution in [2.24, 2.45) is 0 Å². The van der Waals surface area contributed by atoms with E-state index in [9.17, 15) is 8.42 Å². The first-order valence-electron chi connectivity index (χ1n) is 12.1. The van der Waals surface area contributed by atoms with Crippen LogP contribution in [0, 0.1) is 6.92 Å². The zero-order valence-corrected chi connectivity index (χ0v) is 21.5. The number of oxazole rings is 1. The Balaban J connectivity index is 1.50. The van der Waals surface area contributed by atoms with Gasteiger partial charge in [0.15, 0.2) is 11.5 Å². The number of fused-ring (bicyclic) bond motifs is 1. The minimum absolute atomic E-state index is 0.0401. The average molecular weight is 521 g/mol. The molecule has 0 aliphatic carbocycles. The smallest absolute Gasteiger partial charge is 0.234 e. The van der Waals surface area contributed by atoms with Gasteiger partial charge in [-0.25, -0.2) is 8.42 Å². The fraction of sp³-hybridized carbons (Fsp3) is 0.250. The fourth-order valence-corrected chi connectivity index (χ4v) is 5.12. The summed E-state index contributed by atoms with van der Waals surface area (Å²) in [4.78, 5) is 4.47. The van der Waals surface area contributed by atoms with E-state index in [-0.39, 0.29) is 21.7 Å². The van der Waals surface area contributed by atoms with Gasteiger partial charge in [0.1, 0.15) is 19.0 Å². The molecule has 8 nitrogen and oxygen atoms in total. The molecule has 5 rings (SSSR count). The van der Waals surface area contributed by atoms with E-state index < -0.39 is 9.84 Å². The summed E-state index contributed by atoms with van der Waals surface area (Å²) in [6.07, 6.45) is 0.901. The molecule has 0 radical (unpaired) electrons. The van der Waals surface area contributed by atoms with Gasteiger partial charge in [0.25, 0.3) is 0 Å². The van der Waals surface area contributed by atoms with E-state index in [1.54, 1.807) is 18.2 Å². The number of sulfone groups is 1. The number of benzene rings is 3. The van der Waals surface area contributed by atoms with Crippen LogP contribution in [0.4, 0.5) is 5.88 Å². The fourth-order valence-electron chi connectivity index (χ4n) is 3.83. The van der Waals surface area contributed by atoms with E-state index in [2.05, 4.69) is 10.3 Å². The Labute approximate surface area is 216 Å². The predicted molar refractivity (Wildman–Crippen MR) is 139 cm³/mol. The Morgan fingerprint density at radius 1 is 0.946 bits per heavy atom. The number of hydrogen-bond acceptors (Lipinski definition) is 8.